The molecule has 2 N–H and O–H groups in total. The van der Waals surface area contributed by atoms with Crippen molar-refractivity contribution in [1.82, 2.24) is 5.32 Å². The summed E-state index contributed by atoms with van der Waals surface area (Å²) < 4.78 is 17.1. The highest BCUT2D eigenvalue weighted by Gasteiger charge is 2.39. The van der Waals surface area contributed by atoms with Crippen LogP contribution < -0.4 is 5.32 Å². The van der Waals surface area contributed by atoms with Gasteiger partial charge in [-0.1, -0.05) is 0 Å². The maximum absolute atomic E-state index is 10.7. The molecule has 0 amide bonds. The first-order valence-electron chi connectivity index (χ1n) is 6.89. The molecule has 0 saturated carbocycles. The summed E-state index contributed by atoms with van der Waals surface area (Å²) in [4.78, 5) is 10.7. The Bertz CT molecular complexity index is 235. The molecule has 0 aromatic carbocycles. The van der Waals surface area contributed by atoms with Gasteiger partial charge in [-0.25, -0.2) is 0 Å². The maximum atomic E-state index is 10.7. The molecule has 7 heteroatoms. The van der Waals surface area contributed by atoms with E-state index in [4.69, 9.17) is 18.4 Å². The van der Waals surface area contributed by atoms with Crippen LogP contribution in [0.2, 0.25) is 6.04 Å². The molecule has 1 unspecified atom stereocenters. The molecule has 0 fully saturated rings. The van der Waals surface area contributed by atoms with E-state index >= 15 is 0 Å². The average molecular weight is 293 g/mol. The molecule has 0 rings (SSSR count). The minimum atomic E-state index is -2.58. The van der Waals surface area contributed by atoms with Gasteiger partial charge in [-0.2, -0.15) is 0 Å². The van der Waals surface area contributed by atoms with Gasteiger partial charge in [0.25, 0.3) is 0 Å². The second kappa shape index (κ2) is 10.3. The lowest BCUT2D eigenvalue weighted by Gasteiger charge is -2.28. The summed E-state index contributed by atoms with van der Waals surface area (Å²) in [6.45, 7) is 9.68. The Hall–Kier alpha value is -0.473. The van der Waals surface area contributed by atoms with Crippen LogP contribution in [-0.4, -0.2) is 52.3 Å². The van der Waals surface area contributed by atoms with Crippen molar-refractivity contribution in [2.45, 2.75) is 46.2 Å². The summed E-state index contributed by atoms with van der Waals surface area (Å²) in [6, 6.07) is 0.157. The standard InChI is InChI=1S/C12H27NO5Si/c1-5-16-19(17-6-2,18-7-3)10-8-9-13-11(4)12(14)15/h11,13H,5-10H2,1-4H3,(H,14,15). The molecule has 114 valence electrons. The van der Waals surface area contributed by atoms with Crippen molar-refractivity contribution in [2.24, 2.45) is 0 Å². The molecule has 0 saturated heterocycles. The van der Waals surface area contributed by atoms with Crippen LogP contribution in [0.25, 0.3) is 0 Å². The Morgan fingerprint density at radius 3 is 2.00 bits per heavy atom. The summed E-state index contributed by atoms with van der Waals surface area (Å²) in [7, 11) is -2.58. The third-order valence-corrected chi connectivity index (χ3v) is 5.72. The van der Waals surface area contributed by atoms with Gasteiger partial charge in [-0.3, -0.25) is 4.79 Å². The SMILES string of the molecule is CCO[Si](CCCNC(C)C(=O)O)(OCC)OCC. The topological polar surface area (TPSA) is 77.0 Å². The smallest absolute Gasteiger partial charge is 0.480 e. The van der Waals surface area contributed by atoms with E-state index in [2.05, 4.69) is 5.32 Å². The fraction of sp³-hybridized carbons (Fsp3) is 0.917. The first-order valence-corrected chi connectivity index (χ1v) is 8.82. The molecule has 0 bridgehead atoms. The van der Waals surface area contributed by atoms with Crippen molar-refractivity contribution < 1.29 is 23.2 Å². The summed E-state index contributed by atoms with van der Waals surface area (Å²) in [5.41, 5.74) is 0. The van der Waals surface area contributed by atoms with Gasteiger partial charge in [-0.05, 0) is 40.7 Å². The first kappa shape index (κ1) is 18.5. The minimum Gasteiger partial charge on any atom is -0.480 e. The van der Waals surface area contributed by atoms with Gasteiger partial charge in [0.2, 0.25) is 0 Å². The number of hydrogen-bond donors (Lipinski definition) is 2. The van der Waals surface area contributed by atoms with Gasteiger partial charge in [-0.15, -0.1) is 0 Å². The largest absolute Gasteiger partial charge is 0.500 e. The summed E-state index contributed by atoms with van der Waals surface area (Å²) in [5, 5.41) is 11.7. The third-order valence-electron chi connectivity index (χ3n) is 2.57. The van der Waals surface area contributed by atoms with Gasteiger partial charge in [0.05, 0.1) is 0 Å². The van der Waals surface area contributed by atoms with Gasteiger partial charge in [0.15, 0.2) is 0 Å². The van der Waals surface area contributed by atoms with E-state index in [-0.39, 0.29) is 0 Å². The molecule has 0 aliphatic rings. The molecule has 1 atom stereocenters. The van der Waals surface area contributed by atoms with Crippen LogP contribution in [0.5, 0.6) is 0 Å². The quantitative estimate of drug-likeness (QED) is 0.419. The normalized spacial score (nSPS) is 13.5. The van der Waals surface area contributed by atoms with Gasteiger partial charge < -0.3 is 23.7 Å². The molecule has 0 spiro atoms. The second-order valence-corrected chi connectivity index (χ2v) is 6.83. The van der Waals surface area contributed by atoms with Gasteiger partial charge >= 0.3 is 14.8 Å². The van der Waals surface area contributed by atoms with Crippen LogP contribution >= 0.6 is 0 Å². The highest BCUT2D eigenvalue weighted by molar-refractivity contribution is 6.60. The zero-order chi connectivity index (χ0) is 14.7. The fourth-order valence-corrected chi connectivity index (χ4v) is 4.32. The van der Waals surface area contributed by atoms with Crippen molar-refractivity contribution in [3.8, 4) is 0 Å². The maximum Gasteiger partial charge on any atom is 0.500 e. The van der Waals surface area contributed by atoms with E-state index in [9.17, 15) is 4.79 Å². The molecular weight excluding hydrogens is 266 g/mol. The first-order chi connectivity index (χ1) is 9.01. The highest BCUT2D eigenvalue weighted by atomic mass is 28.4. The molecule has 0 heterocycles. The van der Waals surface area contributed by atoms with Crippen LogP contribution in [0.1, 0.15) is 34.1 Å². The van der Waals surface area contributed by atoms with E-state index < -0.39 is 20.8 Å². The molecule has 19 heavy (non-hydrogen) atoms. The lowest BCUT2D eigenvalue weighted by molar-refractivity contribution is -0.138. The van der Waals surface area contributed by atoms with E-state index in [0.717, 1.165) is 6.42 Å². The molecule has 0 aliphatic carbocycles. The number of nitrogens with one attached hydrogen (secondary N) is 1. The Balaban J connectivity index is 4.20. The molecule has 6 nitrogen and oxygen atoms in total. The lowest BCUT2D eigenvalue weighted by atomic mass is 10.3. The van der Waals surface area contributed by atoms with E-state index in [1.165, 1.54) is 0 Å². The number of carbonyl (C=O) groups is 1. The summed E-state index contributed by atoms with van der Waals surface area (Å²) >= 11 is 0. The van der Waals surface area contributed by atoms with E-state index in [1.54, 1.807) is 6.92 Å². The van der Waals surface area contributed by atoms with Crippen LogP contribution in [0.15, 0.2) is 0 Å². The molecule has 0 aromatic rings. The summed E-state index contributed by atoms with van der Waals surface area (Å²) in [6.07, 6.45) is 0.768. The average Bonchev–Trinajstić information content (AvgIpc) is 2.35. The number of hydrogen-bond acceptors (Lipinski definition) is 5. The van der Waals surface area contributed by atoms with Crippen molar-refractivity contribution in [3.05, 3.63) is 0 Å². The highest BCUT2D eigenvalue weighted by Crippen LogP contribution is 2.17. The van der Waals surface area contributed by atoms with Gasteiger partial charge in [0.1, 0.15) is 6.04 Å². The Labute approximate surface area is 116 Å². The zero-order valence-electron chi connectivity index (χ0n) is 12.4. The predicted octanol–water partition coefficient (Wildman–Crippen LogP) is 1.49. The third kappa shape index (κ3) is 7.63. The van der Waals surface area contributed by atoms with E-state index in [0.29, 0.717) is 32.4 Å². The molecular formula is C12H27NO5Si. The van der Waals surface area contributed by atoms with Crippen molar-refractivity contribution >= 4 is 14.8 Å². The van der Waals surface area contributed by atoms with Crippen molar-refractivity contribution in [1.29, 1.82) is 0 Å². The molecule has 0 aliphatic heterocycles. The lowest BCUT2D eigenvalue weighted by Crippen LogP contribution is -2.46. The predicted molar refractivity (Wildman–Crippen MR) is 75.2 cm³/mol. The number of carboxylic acids is 1. The number of aliphatic carboxylic acids is 1. The van der Waals surface area contributed by atoms with Crippen LogP contribution in [0, 0.1) is 0 Å². The van der Waals surface area contributed by atoms with Gasteiger partial charge in [0, 0.05) is 25.9 Å². The number of carboxylic acid groups (broad SMARTS) is 1. The fourth-order valence-electron chi connectivity index (χ4n) is 1.71. The van der Waals surface area contributed by atoms with Crippen LogP contribution in [-0.2, 0) is 18.1 Å². The zero-order valence-corrected chi connectivity index (χ0v) is 13.4. The van der Waals surface area contributed by atoms with Crippen molar-refractivity contribution in [2.75, 3.05) is 26.4 Å². The minimum absolute atomic E-state index is 0.539. The monoisotopic (exact) mass is 293 g/mol. The number of rotatable bonds is 12. The summed E-state index contributed by atoms with van der Waals surface area (Å²) in [5.74, 6) is -0.845. The van der Waals surface area contributed by atoms with Crippen molar-refractivity contribution in [3.63, 3.8) is 0 Å². The Morgan fingerprint density at radius 1 is 1.16 bits per heavy atom. The van der Waals surface area contributed by atoms with Crippen LogP contribution in [0.4, 0.5) is 0 Å². The molecule has 0 aromatic heterocycles. The van der Waals surface area contributed by atoms with Crippen LogP contribution in [0.3, 0.4) is 0 Å². The van der Waals surface area contributed by atoms with E-state index in [1.807, 2.05) is 20.8 Å². The molecule has 0 radical (unpaired) electrons. The Morgan fingerprint density at radius 2 is 1.63 bits per heavy atom. The second-order valence-electron chi connectivity index (χ2n) is 4.10. The Kier molecular flexibility index (Phi) is 10.1.